The summed E-state index contributed by atoms with van der Waals surface area (Å²) >= 11 is 0. The Labute approximate surface area is 120 Å². The number of nitrogens with one attached hydrogen (secondary N) is 1. The summed E-state index contributed by atoms with van der Waals surface area (Å²) in [4.78, 5) is 14.6. The SMILES string of the molecule is COC1CCCN(C(=O)C2CCc3ccccc3N2)C1. The van der Waals surface area contributed by atoms with Crippen LogP contribution in [0.5, 0.6) is 0 Å². The molecule has 1 N–H and O–H groups in total. The van der Waals surface area contributed by atoms with Crippen molar-refractivity contribution in [2.24, 2.45) is 0 Å². The largest absolute Gasteiger partial charge is 0.380 e. The second-order valence-corrected chi connectivity index (χ2v) is 5.68. The predicted molar refractivity (Wildman–Crippen MR) is 78.8 cm³/mol. The number of aryl methyl sites for hydroxylation is 1. The van der Waals surface area contributed by atoms with Gasteiger partial charge in [-0.15, -0.1) is 0 Å². The molecule has 2 aliphatic rings. The zero-order valence-corrected chi connectivity index (χ0v) is 12.0. The number of likely N-dealkylation sites (tertiary alicyclic amines) is 1. The Morgan fingerprint density at radius 2 is 2.20 bits per heavy atom. The molecule has 2 unspecified atom stereocenters. The van der Waals surface area contributed by atoms with Gasteiger partial charge in [0.1, 0.15) is 6.04 Å². The van der Waals surface area contributed by atoms with Crippen molar-refractivity contribution >= 4 is 11.6 Å². The Morgan fingerprint density at radius 3 is 3.05 bits per heavy atom. The summed E-state index contributed by atoms with van der Waals surface area (Å²) < 4.78 is 5.40. The molecule has 4 heteroatoms. The molecule has 2 aliphatic heterocycles. The molecule has 0 spiro atoms. The van der Waals surface area contributed by atoms with E-state index in [0.717, 1.165) is 44.5 Å². The van der Waals surface area contributed by atoms with Crippen LogP contribution >= 0.6 is 0 Å². The number of nitrogens with zero attached hydrogens (tertiary/aromatic N) is 1. The lowest BCUT2D eigenvalue weighted by atomic mass is 9.96. The number of rotatable bonds is 2. The quantitative estimate of drug-likeness (QED) is 0.897. The number of piperidine rings is 1. The average Bonchev–Trinajstić information content (AvgIpc) is 2.53. The molecule has 2 heterocycles. The van der Waals surface area contributed by atoms with Gasteiger partial charge in [-0.2, -0.15) is 0 Å². The molecule has 0 bridgehead atoms. The second-order valence-electron chi connectivity index (χ2n) is 5.68. The molecule has 1 fully saturated rings. The zero-order valence-electron chi connectivity index (χ0n) is 12.0. The van der Waals surface area contributed by atoms with E-state index in [4.69, 9.17) is 4.74 Å². The van der Waals surface area contributed by atoms with Gasteiger partial charge in [0.05, 0.1) is 6.10 Å². The summed E-state index contributed by atoms with van der Waals surface area (Å²) in [6.07, 6.45) is 4.14. The fourth-order valence-corrected chi connectivity index (χ4v) is 3.18. The van der Waals surface area contributed by atoms with Crippen LogP contribution in [0.3, 0.4) is 0 Å². The summed E-state index contributed by atoms with van der Waals surface area (Å²) in [5, 5.41) is 3.39. The van der Waals surface area contributed by atoms with Crippen LogP contribution in [0.2, 0.25) is 0 Å². The summed E-state index contributed by atoms with van der Waals surface area (Å²) in [7, 11) is 1.73. The van der Waals surface area contributed by atoms with Crippen molar-refractivity contribution < 1.29 is 9.53 Å². The molecule has 20 heavy (non-hydrogen) atoms. The topological polar surface area (TPSA) is 41.6 Å². The van der Waals surface area contributed by atoms with E-state index in [-0.39, 0.29) is 18.1 Å². The molecular formula is C16H22N2O2. The molecular weight excluding hydrogens is 252 g/mol. The van der Waals surface area contributed by atoms with Crippen LogP contribution in [0.1, 0.15) is 24.8 Å². The van der Waals surface area contributed by atoms with Crippen molar-refractivity contribution in [3.05, 3.63) is 29.8 Å². The molecule has 0 aliphatic carbocycles. The number of benzene rings is 1. The minimum Gasteiger partial charge on any atom is -0.380 e. The van der Waals surface area contributed by atoms with Crippen LogP contribution in [0, 0.1) is 0 Å². The van der Waals surface area contributed by atoms with E-state index in [0.29, 0.717) is 0 Å². The van der Waals surface area contributed by atoms with Gasteiger partial charge in [0.25, 0.3) is 0 Å². The van der Waals surface area contributed by atoms with Gasteiger partial charge in [-0.1, -0.05) is 18.2 Å². The fourth-order valence-electron chi connectivity index (χ4n) is 3.18. The maximum Gasteiger partial charge on any atom is 0.245 e. The first-order chi connectivity index (χ1) is 9.78. The molecule has 108 valence electrons. The van der Waals surface area contributed by atoms with Gasteiger partial charge in [0.2, 0.25) is 5.91 Å². The van der Waals surface area contributed by atoms with Gasteiger partial charge in [-0.25, -0.2) is 0 Å². The summed E-state index contributed by atoms with van der Waals surface area (Å²) in [5.41, 5.74) is 2.42. The van der Waals surface area contributed by atoms with Gasteiger partial charge in [-0.05, 0) is 37.3 Å². The maximum absolute atomic E-state index is 12.6. The Bertz CT molecular complexity index is 489. The lowest BCUT2D eigenvalue weighted by Gasteiger charge is -2.36. The van der Waals surface area contributed by atoms with Crippen LogP contribution in [0.4, 0.5) is 5.69 Å². The molecule has 0 radical (unpaired) electrons. The Balaban J connectivity index is 1.67. The second kappa shape index (κ2) is 5.83. The van der Waals surface area contributed by atoms with Crippen molar-refractivity contribution in [3.63, 3.8) is 0 Å². The maximum atomic E-state index is 12.6. The van der Waals surface area contributed by atoms with E-state index in [1.807, 2.05) is 11.0 Å². The van der Waals surface area contributed by atoms with Crippen molar-refractivity contribution in [1.82, 2.24) is 4.90 Å². The summed E-state index contributed by atoms with van der Waals surface area (Å²) in [6.45, 7) is 1.59. The lowest BCUT2D eigenvalue weighted by Crippen LogP contribution is -2.50. The molecule has 3 rings (SSSR count). The average molecular weight is 274 g/mol. The van der Waals surface area contributed by atoms with Crippen molar-refractivity contribution in [2.45, 2.75) is 37.8 Å². The highest BCUT2D eigenvalue weighted by Crippen LogP contribution is 2.26. The molecule has 1 amide bonds. The Hall–Kier alpha value is -1.55. The first-order valence-corrected chi connectivity index (χ1v) is 7.44. The highest BCUT2D eigenvalue weighted by Gasteiger charge is 2.30. The van der Waals surface area contributed by atoms with E-state index in [1.54, 1.807) is 7.11 Å². The van der Waals surface area contributed by atoms with Crippen LogP contribution in [0.25, 0.3) is 0 Å². The molecule has 1 saturated heterocycles. The van der Waals surface area contributed by atoms with Crippen molar-refractivity contribution in [3.8, 4) is 0 Å². The van der Waals surface area contributed by atoms with Gasteiger partial charge < -0.3 is 15.0 Å². The number of ether oxygens (including phenoxy) is 1. The van der Waals surface area contributed by atoms with Gasteiger partial charge >= 0.3 is 0 Å². The van der Waals surface area contributed by atoms with E-state index < -0.39 is 0 Å². The molecule has 1 aromatic carbocycles. The normalized spacial score (nSPS) is 25.8. The number of hydrogen-bond acceptors (Lipinski definition) is 3. The molecule has 2 atom stereocenters. The minimum atomic E-state index is -0.0829. The third kappa shape index (κ3) is 2.66. The third-order valence-corrected chi connectivity index (χ3v) is 4.37. The first-order valence-electron chi connectivity index (χ1n) is 7.44. The van der Waals surface area contributed by atoms with Crippen LogP contribution in [0.15, 0.2) is 24.3 Å². The van der Waals surface area contributed by atoms with Gasteiger partial charge in [0, 0.05) is 25.9 Å². The number of hydrogen-bond donors (Lipinski definition) is 1. The predicted octanol–water partition coefficient (Wildman–Crippen LogP) is 2.05. The van der Waals surface area contributed by atoms with Crippen molar-refractivity contribution in [2.75, 3.05) is 25.5 Å². The fraction of sp³-hybridized carbons (Fsp3) is 0.562. The Morgan fingerprint density at radius 1 is 1.35 bits per heavy atom. The summed E-state index contributed by atoms with van der Waals surface area (Å²) in [6, 6.07) is 8.17. The molecule has 0 aromatic heterocycles. The molecule has 0 saturated carbocycles. The smallest absolute Gasteiger partial charge is 0.245 e. The monoisotopic (exact) mass is 274 g/mol. The van der Waals surface area contributed by atoms with Crippen molar-refractivity contribution in [1.29, 1.82) is 0 Å². The van der Waals surface area contributed by atoms with Gasteiger partial charge in [-0.3, -0.25) is 4.79 Å². The number of fused-ring (bicyclic) bond motifs is 1. The standard InChI is InChI=1S/C16H22N2O2/c1-20-13-6-4-10-18(11-13)16(19)15-9-8-12-5-2-3-7-14(12)17-15/h2-3,5,7,13,15,17H,4,6,8-11H2,1H3. The van der Waals surface area contributed by atoms with Crippen LogP contribution in [-0.2, 0) is 16.0 Å². The number of amides is 1. The highest BCUT2D eigenvalue weighted by molar-refractivity contribution is 5.85. The zero-order chi connectivity index (χ0) is 13.9. The van der Waals surface area contributed by atoms with E-state index in [1.165, 1.54) is 5.56 Å². The third-order valence-electron chi connectivity index (χ3n) is 4.37. The molecule has 1 aromatic rings. The van der Waals surface area contributed by atoms with Crippen LogP contribution in [-0.4, -0.2) is 43.2 Å². The van der Waals surface area contributed by atoms with E-state index in [2.05, 4.69) is 23.5 Å². The minimum absolute atomic E-state index is 0.0829. The number of carbonyl (C=O) groups excluding carboxylic acids is 1. The number of methoxy groups -OCH3 is 1. The highest BCUT2D eigenvalue weighted by atomic mass is 16.5. The number of anilines is 1. The lowest BCUT2D eigenvalue weighted by molar-refractivity contribution is -0.135. The Kier molecular flexibility index (Phi) is 3.92. The number of carbonyl (C=O) groups is 1. The van der Waals surface area contributed by atoms with E-state index >= 15 is 0 Å². The number of para-hydroxylation sites is 1. The first kappa shape index (κ1) is 13.4. The van der Waals surface area contributed by atoms with E-state index in [9.17, 15) is 4.79 Å². The summed E-state index contributed by atoms with van der Waals surface area (Å²) in [5.74, 6) is 0.223. The molecule has 4 nitrogen and oxygen atoms in total. The van der Waals surface area contributed by atoms with Crippen LogP contribution < -0.4 is 5.32 Å². The van der Waals surface area contributed by atoms with Gasteiger partial charge in [0.15, 0.2) is 0 Å².